The first-order valence-corrected chi connectivity index (χ1v) is 11.8. The second-order valence-electron chi connectivity index (χ2n) is 8.70. The summed E-state index contributed by atoms with van der Waals surface area (Å²) in [5.41, 5.74) is 3.34. The van der Waals surface area contributed by atoms with Crippen LogP contribution in [0.2, 0.25) is 5.02 Å². The topological polar surface area (TPSA) is 86.0 Å². The summed E-state index contributed by atoms with van der Waals surface area (Å²) in [7, 11) is 0. The van der Waals surface area contributed by atoms with Crippen LogP contribution in [0.15, 0.2) is 61.3 Å². The molecule has 0 spiro atoms. The minimum absolute atomic E-state index is 0.0712. The standard InChI is InChI=1S/C27H22ClFN6O/c1-16-24(20-7-3-5-18-6-4-8-22(28)23(18)20)31-13-21-25(16)32-15-33-26(21)34-11-12-35(27(36)17(2)29)19(14-34)9-10-30/h3-8,13,15,19H,2,9,11-12,14H2,1H3/t19-/m0/s1. The molecule has 0 bridgehead atoms. The summed E-state index contributed by atoms with van der Waals surface area (Å²) in [5, 5.41) is 12.7. The molecule has 2 aromatic heterocycles. The second-order valence-corrected chi connectivity index (χ2v) is 9.11. The Hall–Kier alpha value is -4.09. The molecule has 0 radical (unpaired) electrons. The third kappa shape index (κ3) is 4.01. The van der Waals surface area contributed by atoms with E-state index in [1.165, 1.54) is 11.2 Å². The number of pyridine rings is 1. The van der Waals surface area contributed by atoms with Gasteiger partial charge < -0.3 is 9.80 Å². The number of piperazine rings is 1. The summed E-state index contributed by atoms with van der Waals surface area (Å²) < 4.78 is 13.5. The molecule has 0 N–H and O–H groups in total. The third-order valence-electron chi connectivity index (χ3n) is 6.61. The highest BCUT2D eigenvalue weighted by molar-refractivity contribution is 6.36. The van der Waals surface area contributed by atoms with Gasteiger partial charge in [-0.2, -0.15) is 5.26 Å². The molecule has 36 heavy (non-hydrogen) atoms. The molecule has 3 heterocycles. The molecule has 1 saturated heterocycles. The number of carbonyl (C=O) groups excluding carboxylic acids is 1. The fourth-order valence-electron chi connectivity index (χ4n) is 4.91. The van der Waals surface area contributed by atoms with Crippen LogP contribution in [0, 0.1) is 18.3 Å². The predicted molar refractivity (Wildman–Crippen MR) is 138 cm³/mol. The van der Waals surface area contributed by atoms with Gasteiger partial charge in [-0.25, -0.2) is 14.4 Å². The summed E-state index contributed by atoms with van der Waals surface area (Å²) in [6.07, 6.45) is 3.33. The van der Waals surface area contributed by atoms with E-state index >= 15 is 0 Å². The fraction of sp³-hybridized carbons (Fsp3) is 0.222. The highest BCUT2D eigenvalue weighted by Crippen LogP contribution is 2.37. The van der Waals surface area contributed by atoms with Gasteiger partial charge in [0.15, 0.2) is 5.83 Å². The maximum Gasteiger partial charge on any atom is 0.282 e. The number of nitriles is 1. The van der Waals surface area contributed by atoms with Crippen molar-refractivity contribution in [2.45, 2.75) is 19.4 Å². The molecular weight excluding hydrogens is 479 g/mol. The Morgan fingerprint density at radius 3 is 2.75 bits per heavy atom. The van der Waals surface area contributed by atoms with E-state index in [2.05, 4.69) is 22.6 Å². The Balaban J connectivity index is 1.56. The van der Waals surface area contributed by atoms with Gasteiger partial charge in [0.05, 0.1) is 35.1 Å². The van der Waals surface area contributed by atoms with E-state index in [0.29, 0.717) is 23.9 Å². The van der Waals surface area contributed by atoms with Gasteiger partial charge >= 0.3 is 0 Å². The Morgan fingerprint density at radius 2 is 2.00 bits per heavy atom. The Bertz CT molecular complexity index is 1560. The third-order valence-corrected chi connectivity index (χ3v) is 6.92. The number of halogens is 2. The van der Waals surface area contributed by atoms with E-state index in [1.54, 1.807) is 6.20 Å². The van der Waals surface area contributed by atoms with E-state index in [1.807, 2.05) is 48.2 Å². The van der Waals surface area contributed by atoms with Gasteiger partial charge in [0, 0.05) is 47.4 Å². The molecule has 9 heteroatoms. The zero-order valence-corrected chi connectivity index (χ0v) is 20.3. The number of aromatic nitrogens is 3. The summed E-state index contributed by atoms with van der Waals surface area (Å²) in [6.45, 7) is 6.09. The molecule has 0 aliphatic carbocycles. The average molecular weight is 501 g/mol. The lowest BCUT2D eigenvalue weighted by Gasteiger charge is -2.41. The van der Waals surface area contributed by atoms with Crippen molar-refractivity contribution in [1.29, 1.82) is 5.26 Å². The van der Waals surface area contributed by atoms with Crippen molar-refractivity contribution in [2.24, 2.45) is 0 Å². The number of carbonyl (C=O) groups is 1. The van der Waals surface area contributed by atoms with Gasteiger partial charge in [-0.05, 0) is 18.4 Å². The van der Waals surface area contributed by atoms with Crippen molar-refractivity contribution in [3.05, 3.63) is 71.9 Å². The van der Waals surface area contributed by atoms with Crippen molar-refractivity contribution in [2.75, 3.05) is 24.5 Å². The smallest absolute Gasteiger partial charge is 0.282 e. The fourth-order valence-corrected chi connectivity index (χ4v) is 5.19. The monoisotopic (exact) mass is 500 g/mol. The number of hydrogen-bond donors (Lipinski definition) is 0. The zero-order valence-electron chi connectivity index (χ0n) is 19.6. The van der Waals surface area contributed by atoms with E-state index < -0.39 is 17.8 Å². The van der Waals surface area contributed by atoms with Crippen LogP contribution in [0.5, 0.6) is 0 Å². The summed E-state index contributed by atoms with van der Waals surface area (Å²) in [4.78, 5) is 29.5. The number of hydrogen-bond acceptors (Lipinski definition) is 6. The van der Waals surface area contributed by atoms with Crippen molar-refractivity contribution in [3.63, 3.8) is 0 Å². The first kappa shape index (κ1) is 23.6. The molecule has 1 fully saturated rings. The number of benzene rings is 2. The predicted octanol–water partition coefficient (Wildman–Crippen LogP) is 5.22. The number of nitrogens with zero attached hydrogens (tertiary/aromatic N) is 6. The molecule has 1 aliphatic rings. The SMILES string of the molecule is C=C(F)C(=O)N1CCN(c2ncnc3c(C)c(-c4cccc5cccc(Cl)c45)ncc23)C[C@@H]1CC#N. The number of fused-ring (bicyclic) bond motifs is 2. The van der Waals surface area contributed by atoms with Crippen molar-refractivity contribution >= 4 is 45.0 Å². The van der Waals surface area contributed by atoms with Gasteiger partial charge in [-0.15, -0.1) is 0 Å². The highest BCUT2D eigenvalue weighted by atomic mass is 35.5. The Morgan fingerprint density at radius 1 is 1.22 bits per heavy atom. The molecule has 4 aromatic rings. The van der Waals surface area contributed by atoms with Crippen LogP contribution < -0.4 is 4.90 Å². The molecular formula is C27H22ClFN6O. The molecule has 1 aliphatic heterocycles. The molecule has 5 rings (SSSR count). The molecule has 180 valence electrons. The van der Waals surface area contributed by atoms with Crippen LogP contribution in [0.4, 0.5) is 10.2 Å². The first-order chi connectivity index (χ1) is 17.4. The van der Waals surface area contributed by atoms with Gasteiger partial charge in [-0.3, -0.25) is 9.78 Å². The number of anilines is 1. The van der Waals surface area contributed by atoms with Crippen LogP contribution in [0.25, 0.3) is 32.9 Å². The van der Waals surface area contributed by atoms with Crippen molar-refractivity contribution in [1.82, 2.24) is 19.9 Å². The quantitative estimate of drug-likeness (QED) is 0.357. The molecule has 0 unspecified atom stereocenters. The Labute approximate surface area is 212 Å². The minimum Gasteiger partial charge on any atom is -0.352 e. The summed E-state index contributed by atoms with van der Waals surface area (Å²) >= 11 is 6.56. The van der Waals surface area contributed by atoms with Gasteiger partial charge in [-0.1, -0.05) is 48.5 Å². The molecule has 1 atom stereocenters. The second kappa shape index (κ2) is 9.51. The number of aryl methyl sites for hydroxylation is 1. The summed E-state index contributed by atoms with van der Waals surface area (Å²) in [5.74, 6) is -1.15. The maximum atomic E-state index is 13.5. The minimum atomic E-state index is -1.03. The van der Waals surface area contributed by atoms with E-state index in [0.717, 1.165) is 38.5 Å². The highest BCUT2D eigenvalue weighted by Gasteiger charge is 2.33. The lowest BCUT2D eigenvalue weighted by Crippen LogP contribution is -2.55. The molecule has 0 saturated carbocycles. The van der Waals surface area contributed by atoms with Crippen LogP contribution in [0.3, 0.4) is 0 Å². The summed E-state index contributed by atoms with van der Waals surface area (Å²) in [6, 6.07) is 13.4. The van der Waals surface area contributed by atoms with Crippen molar-refractivity contribution in [3.8, 4) is 17.3 Å². The first-order valence-electron chi connectivity index (χ1n) is 11.5. The number of rotatable bonds is 4. The van der Waals surface area contributed by atoms with Crippen LogP contribution >= 0.6 is 11.6 Å². The zero-order chi connectivity index (χ0) is 25.4. The lowest BCUT2D eigenvalue weighted by atomic mass is 9.98. The van der Waals surface area contributed by atoms with Crippen LogP contribution in [-0.4, -0.2) is 51.4 Å². The van der Waals surface area contributed by atoms with E-state index in [9.17, 15) is 14.4 Å². The Kier molecular flexibility index (Phi) is 6.25. The van der Waals surface area contributed by atoms with Gasteiger partial charge in [0.25, 0.3) is 5.91 Å². The van der Waals surface area contributed by atoms with Crippen LogP contribution in [0.1, 0.15) is 12.0 Å². The van der Waals surface area contributed by atoms with Crippen molar-refractivity contribution < 1.29 is 9.18 Å². The van der Waals surface area contributed by atoms with Gasteiger partial charge in [0.2, 0.25) is 0 Å². The number of amides is 1. The molecule has 2 aromatic carbocycles. The largest absolute Gasteiger partial charge is 0.352 e. The van der Waals surface area contributed by atoms with Gasteiger partial charge in [0.1, 0.15) is 12.1 Å². The van der Waals surface area contributed by atoms with E-state index in [4.69, 9.17) is 16.6 Å². The van der Waals surface area contributed by atoms with E-state index in [-0.39, 0.29) is 13.0 Å². The van der Waals surface area contributed by atoms with Crippen LogP contribution in [-0.2, 0) is 4.79 Å². The molecule has 7 nitrogen and oxygen atoms in total. The lowest BCUT2D eigenvalue weighted by molar-refractivity contribution is -0.131. The average Bonchev–Trinajstić information content (AvgIpc) is 2.88. The maximum absolute atomic E-state index is 13.5. The molecule has 1 amide bonds. The normalized spacial score (nSPS) is 15.8.